The standard InChI is InChI=1S/C24H31N3O.ClH/c1-2-26(18-20-6-4-3-5-7-20)22-10-8-21(9-11-22)23(28)27-16-13-24(14-17-27)12-15-25-19-24;/h3-11,25H,2,12-19H2,1H3;1H. The second-order valence-electron chi connectivity index (χ2n) is 8.27. The van der Waals surface area contributed by atoms with Crippen LogP contribution in [0.1, 0.15) is 42.1 Å². The van der Waals surface area contributed by atoms with Gasteiger partial charge in [-0.2, -0.15) is 0 Å². The quantitative estimate of drug-likeness (QED) is 0.791. The Morgan fingerprint density at radius 1 is 1.03 bits per heavy atom. The molecule has 2 aliphatic rings. The third kappa shape index (κ3) is 4.93. The lowest BCUT2D eigenvalue weighted by atomic mass is 9.78. The normalized spacial score (nSPS) is 17.8. The summed E-state index contributed by atoms with van der Waals surface area (Å²) in [7, 11) is 0. The number of rotatable bonds is 5. The third-order valence-electron chi connectivity index (χ3n) is 6.52. The first-order valence-electron chi connectivity index (χ1n) is 10.6. The lowest BCUT2D eigenvalue weighted by molar-refractivity contribution is 0.0607. The lowest BCUT2D eigenvalue weighted by Crippen LogP contribution is -2.44. The van der Waals surface area contributed by atoms with Crippen molar-refractivity contribution in [3.63, 3.8) is 0 Å². The second kappa shape index (κ2) is 9.64. The van der Waals surface area contributed by atoms with E-state index in [1.165, 1.54) is 12.0 Å². The summed E-state index contributed by atoms with van der Waals surface area (Å²) in [6, 6.07) is 18.7. The Balaban J connectivity index is 0.00000240. The Bertz CT molecular complexity index is 778. The van der Waals surface area contributed by atoms with Gasteiger partial charge in [0.05, 0.1) is 0 Å². The van der Waals surface area contributed by atoms with Crippen LogP contribution in [0.5, 0.6) is 0 Å². The molecule has 0 aromatic heterocycles. The zero-order valence-corrected chi connectivity index (χ0v) is 18.1. The first-order valence-corrected chi connectivity index (χ1v) is 10.6. The molecule has 2 aliphatic heterocycles. The molecule has 5 heteroatoms. The van der Waals surface area contributed by atoms with Crippen LogP contribution in [0.4, 0.5) is 5.69 Å². The monoisotopic (exact) mass is 413 g/mol. The van der Waals surface area contributed by atoms with Gasteiger partial charge in [0, 0.05) is 44.0 Å². The fraction of sp³-hybridized carbons (Fsp3) is 0.458. The number of nitrogens with one attached hydrogen (secondary N) is 1. The highest BCUT2D eigenvalue weighted by molar-refractivity contribution is 5.94. The molecule has 2 fully saturated rings. The van der Waals surface area contributed by atoms with Gasteiger partial charge in [0.1, 0.15) is 0 Å². The van der Waals surface area contributed by atoms with Crippen molar-refractivity contribution in [2.24, 2.45) is 5.41 Å². The van der Waals surface area contributed by atoms with Gasteiger partial charge in [-0.3, -0.25) is 4.79 Å². The Kier molecular flexibility index (Phi) is 7.20. The minimum Gasteiger partial charge on any atom is -0.367 e. The topological polar surface area (TPSA) is 35.6 Å². The van der Waals surface area contributed by atoms with Gasteiger partial charge in [0.15, 0.2) is 0 Å². The highest BCUT2D eigenvalue weighted by Crippen LogP contribution is 2.37. The zero-order valence-electron chi connectivity index (χ0n) is 17.3. The molecular weight excluding hydrogens is 382 g/mol. The van der Waals surface area contributed by atoms with Gasteiger partial charge in [0.25, 0.3) is 5.91 Å². The number of likely N-dealkylation sites (tertiary alicyclic amines) is 1. The number of carbonyl (C=O) groups excluding carboxylic acids is 1. The molecule has 2 aromatic carbocycles. The molecule has 1 amide bonds. The highest BCUT2D eigenvalue weighted by atomic mass is 35.5. The van der Waals surface area contributed by atoms with E-state index in [1.807, 2.05) is 23.1 Å². The molecule has 1 N–H and O–H groups in total. The largest absolute Gasteiger partial charge is 0.367 e. The maximum atomic E-state index is 12.9. The fourth-order valence-corrected chi connectivity index (χ4v) is 4.59. The Labute approximate surface area is 180 Å². The van der Waals surface area contributed by atoms with E-state index in [4.69, 9.17) is 0 Å². The number of benzene rings is 2. The number of anilines is 1. The van der Waals surface area contributed by atoms with E-state index in [0.29, 0.717) is 5.41 Å². The Hall–Kier alpha value is -2.04. The van der Waals surface area contributed by atoms with Crippen molar-refractivity contribution in [2.75, 3.05) is 37.6 Å². The maximum absolute atomic E-state index is 12.9. The van der Waals surface area contributed by atoms with E-state index < -0.39 is 0 Å². The van der Waals surface area contributed by atoms with E-state index >= 15 is 0 Å². The summed E-state index contributed by atoms with van der Waals surface area (Å²) in [4.78, 5) is 17.3. The number of nitrogens with zero attached hydrogens (tertiary/aromatic N) is 2. The van der Waals surface area contributed by atoms with Gasteiger partial charge in [0.2, 0.25) is 0 Å². The number of hydrogen-bond acceptors (Lipinski definition) is 3. The number of halogens is 1. The summed E-state index contributed by atoms with van der Waals surface area (Å²) >= 11 is 0. The van der Waals surface area contributed by atoms with Gasteiger partial charge in [-0.15, -0.1) is 12.4 Å². The van der Waals surface area contributed by atoms with Crippen LogP contribution >= 0.6 is 12.4 Å². The number of hydrogen-bond donors (Lipinski definition) is 1. The minimum atomic E-state index is 0. The van der Waals surface area contributed by atoms with Gasteiger partial charge in [-0.05, 0) is 68.0 Å². The molecule has 0 aliphatic carbocycles. The van der Waals surface area contributed by atoms with Gasteiger partial charge in [-0.25, -0.2) is 0 Å². The predicted molar refractivity (Wildman–Crippen MR) is 122 cm³/mol. The summed E-state index contributed by atoms with van der Waals surface area (Å²) in [6.45, 7) is 8.01. The molecule has 4 nitrogen and oxygen atoms in total. The van der Waals surface area contributed by atoms with E-state index in [-0.39, 0.29) is 18.3 Å². The lowest BCUT2D eigenvalue weighted by Gasteiger charge is -2.39. The van der Waals surface area contributed by atoms with E-state index in [9.17, 15) is 4.79 Å². The van der Waals surface area contributed by atoms with Crippen LogP contribution in [0.2, 0.25) is 0 Å². The van der Waals surface area contributed by atoms with Crippen LogP contribution in [-0.2, 0) is 6.54 Å². The number of piperidine rings is 1. The minimum absolute atomic E-state index is 0. The van der Waals surface area contributed by atoms with Gasteiger partial charge >= 0.3 is 0 Å². The molecule has 1 spiro atoms. The SMILES string of the molecule is CCN(Cc1ccccc1)c1ccc(C(=O)N2CCC3(CCNC3)CC2)cc1.Cl. The van der Waals surface area contributed by atoms with Crippen LogP contribution < -0.4 is 10.2 Å². The average molecular weight is 414 g/mol. The van der Waals surface area contributed by atoms with E-state index in [2.05, 4.69) is 53.5 Å². The summed E-state index contributed by atoms with van der Waals surface area (Å²) in [5, 5.41) is 3.49. The number of carbonyl (C=O) groups is 1. The molecule has 0 radical (unpaired) electrons. The fourth-order valence-electron chi connectivity index (χ4n) is 4.59. The Morgan fingerprint density at radius 2 is 1.72 bits per heavy atom. The first-order chi connectivity index (χ1) is 13.7. The summed E-state index contributed by atoms with van der Waals surface area (Å²) in [5.41, 5.74) is 3.71. The van der Waals surface area contributed by atoms with Crippen molar-refractivity contribution < 1.29 is 4.79 Å². The van der Waals surface area contributed by atoms with Crippen LogP contribution in [0.25, 0.3) is 0 Å². The third-order valence-corrected chi connectivity index (χ3v) is 6.52. The highest BCUT2D eigenvalue weighted by Gasteiger charge is 2.38. The number of amides is 1. The maximum Gasteiger partial charge on any atom is 0.253 e. The molecule has 0 unspecified atom stereocenters. The predicted octanol–water partition coefficient (Wildman–Crippen LogP) is 4.35. The van der Waals surface area contributed by atoms with E-state index in [1.54, 1.807) is 0 Å². The first kappa shape index (κ1) is 21.7. The van der Waals surface area contributed by atoms with Gasteiger partial charge in [-0.1, -0.05) is 30.3 Å². The molecule has 2 saturated heterocycles. The van der Waals surface area contributed by atoms with Crippen molar-refractivity contribution in [1.82, 2.24) is 10.2 Å². The van der Waals surface area contributed by atoms with Crippen LogP contribution in [0, 0.1) is 5.41 Å². The molecule has 0 saturated carbocycles. The van der Waals surface area contributed by atoms with Crippen LogP contribution in [0.15, 0.2) is 54.6 Å². The zero-order chi connectivity index (χ0) is 19.4. The van der Waals surface area contributed by atoms with Crippen LogP contribution in [0.3, 0.4) is 0 Å². The molecule has 0 bridgehead atoms. The van der Waals surface area contributed by atoms with Crippen molar-refractivity contribution in [2.45, 2.75) is 32.7 Å². The molecule has 156 valence electrons. The smallest absolute Gasteiger partial charge is 0.253 e. The van der Waals surface area contributed by atoms with Gasteiger partial charge < -0.3 is 15.1 Å². The summed E-state index contributed by atoms with van der Waals surface area (Å²) < 4.78 is 0. The molecule has 2 aromatic rings. The molecule has 4 rings (SSSR count). The summed E-state index contributed by atoms with van der Waals surface area (Å²) in [5.74, 6) is 0.179. The second-order valence-corrected chi connectivity index (χ2v) is 8.27. The molecular formula is C24H32ClN3O. The average Bonchev–Trinajstić information content (AvgIpc) is 3.21. The molecule has 2 heterocycles. The van der Waals surface area contributed by atoms with Crippen LogP contribution in [-0.4, -0.2) is 43.5 Å². The van der Waals surface area contributed by atoms with Crippen molar-refractivity contribution in [3.8, 4) is 0 Å². The van der Waals surface area contributed by atoms with Crippen molar-refractivity contribution in [3.05, 3.63) is 65.7 Å². The van der Waals surface area contributed by atoms with E-state index in [0.717, 1.165) is 63.4 Å². The molecule has 0 atom stereocenters. The summed E-state index contributed by atoms with van der Waals surface area (Å²) in [6.07, 6.45) is 3.52. The van der Waals surface area contributed by atoms with Crippen molar-refractivity contribution in [1.29, 1.82) is 0 Å². The Morgan fingerprint density at radius 3 is 2.31 bits per heavy atom. The van der Waals surface area contributed by atoms with Crippen molar-refractivity contribution >= 4 is 24.0 Å². The molecule has 29 heavy (non-hydrogen) atoms.